The van der Waals surface area contributed by atoms with Gasteiger partial charge in [0.2, 0.25) is 10.0 Å². The van der Waals surface area contributed by atoms with Gasteiger partial charge in [0.05, 0.1) is 17.8 Å². The third kappa shape index (κ3) is 4.88. The lowest BCUT2D eigenvalue weighted by Gasteiger charge is -2.29. The molecule has 1 aliphatic rings. The van der Waals surface area contributed by atoms with Crippen LogP contribution >= 0.6 is 0 Å². The summed E-state index contributed by atoms with van der Waals surface area (Å²) in [4.78, 5) is 0.661. The average Bonchev–Trinajstić information content (AvgIpc) is 2.45. The maximum absolute atomic E-state index is 12.0. The van der Waals surface area contributed by atoms with Crippen molar-refractivity contribution < 1.29 is 16.8 Å². The zero-order valence-electron chi connectivity index (χ0n) is 12.3. The number of aryl methyl sites for hydroxylation is 1. The molecule has 1 aromatic carbocycles. The number of sulfonamides is 1. The van der Waals surface area contributed by atoms with E-state index in [1.54, 1.807) is 12.1 Å². The molecule has 1 unspecified atom stereocenters. The van der Waals surface area contributed by atoms with E-state index in [1.165, 1.54) is 10.6 Å². The predicted molar refractivity (Wildman–Crippen MR) is 82.7 cm³/mol. The fraction of sp³-hybridized carbons (Fsp3) is 0.571. The van der Waals surface area contributed by atoms with Crippen LogP contribution in [0.15, 0.2) is 29.2 Å². The molecule has 0 amide bonds. The van der Waals surface area contributed by atoms with Crippen LogP contribution in [0.25, 0.3) is 0 Å². The maximum atomic E-state index is 12.0. The zero-order chi connectivity index (χ0) is 15.5. The van der Waals surface area contributed by atoms with Crippen LogP contribution in [0.2, 0.25) is 0 Å². The number of rotatable bonds is 5. The lowest BCUT2D eigenvalue weighted by atomic mass is 10.00. The Morgan fingerprint density at radius 1 is 1.24 bits per heavy atom. The number of benzene rings is 1. The average molecular weight is 331 g/mol. The van der Waals surface area contributed by atoms with Gasteiger partial charge in [-0.3, -0.25) is 4.18 Å². The normalized spacial score (nSPS) is 19.5. The first-order valence-corrected chi connectivity index (χ1v) is 9.85. The second kappa shape index (κ2) is 7.00. The third-order valence-electron chi connectivity index (χ3n) is 3.67. The van der Waals surface area contributed by atoms with Crippen molar-refractivity contribution in [3.63, 3.8) is 0 Å². The predicted octanol–water partition coefficient (Wildman–Crippen LogP) is 1.71. The second-order valence-corrected chi connectivity index (χ2v) is 8.60. The van der Waals surface area contributed by atoms with Crippen LogP contribution in [-0.4, -0.2) is 42.9 Å². The Hall–Kier alpha value is -0.760. The van der Waals surface area contributed by atoms with E-state index in [0.717, 1.165) is 18.4 Å². The van der Waals surface area contributed by atoms with Gasteiger partial charge in [0.1, 0.15) is 0 Å². The summed E-state index contributed by atoms with van der Waals surface area (Å²) in [6.45, 7) is 3.41. The number of nitrogens with zero attached hydrogens (tertiary/aromatic N) is 1. The van der Waals surface area contributed by atoms with Gasteiger partial charge in [-0.2, -0.15) is 0 Å². The highest BCUT2D eigenvalue weighted by Gasteiger charge is 2.25. The van der Waals surface area contributed by atoms with Gasteiger partial charge in [-0.15, -0.1) is 0 Å². The second-order valence-electron chi connectivity index (χ2n) is 5.44. The van der Waals surface area contributed by atoms with Gasteiger partial charge in [0.25, 0.3) is 0 Å². The number of piperidine rings is 1. The van der Waals surface area contributed by atoms with E-state index < -0.39 is 21.1 Å². The van der Waals surface area contributed by atoms with Crippen LogP contribution in [0.5, 0.6) is 0 Å². The number of hydrogen-bond donors (Lipinski definition) is 0. The lowest BCUT2D eigenvalue weighted by molar-refractivity contribution is 0.197. The fourth-order valence-electron chi connectivity index (χ4n) is 2.28. The minimum Gasteiger partial charge on any atom is -0.286 e. The Morgan fingerprint density at radius 2 is 1.81 bits per heavy atom. The summed E-state index contributed by atoms with van der Waals surface area (Å²) in [6, 6.07) is 7.41. The standard InChI is InChI=1S/C14H21NO4S2/c1-12-3-5-14(6-4-12)20(16)19-11-13-7-9-15(10-8-13)21(2,17)18/h3-6,13H,7-11H2,1-2H3. The Bertz CT molecular complexity index is 590. The fourth-order valence-corrected chi connectivity index (χ4v) is 3.97. The SMILES string of the molecule is Cc1ccc(S(=O)OCC2CCN(S(C)(=O)=O)CC2)cc1. The molecule has 2 rings (SSSR count). The molecule has 1 saturated heterocycles. The van der Waals surface area contributed by atoms with E-state index in [4.69, 9.17) is 4.18 Å². The van der Waals surface area contributed by atoms with E-state index in [0.29, 0.717) is 24.6 Å². The minimum atomic E-state index is -3.10. The van der Waals surface area contributed by atoms with Crippen molar-refractivity contribution in [1.29, 1.82) is 0 Å². The Kier molecular flexibility index (Phi) is 5.54. The van der Waals surface area contributed by atoms with Gasteiger partial charge >= 0.3 is 0 Å². The molecule has 0 aromatic heterocycles. The molecule has 5 nitrogen and oxygen atoms in total. The summed E-state index contributed by atoms with van der Waals surface area (Å²) in [5.41, 5.74) is 1.11. The van der Waals surface area contributed by atoms with Crippen molar-refractivity contribution in [2.24, 2.45) is 5.92 Å². The van der Waals surface area contributed by atoms with E-state index in [1.807, 2.05) is 19.1 Å². The van der Waals surface area contributed by atoms with Gasteiger partial charge in [-0.05, 0) is 37.8 Å². The van der Waals surface area contributed by atoms with E-state index in [2.05, 4.69) is 0 Å². The smallest absolute Gasteiger partial charge is 0.211 e. The summed E-state index contributed by atoms with van der Waals surface area (Å²) in [5.74, 6) is 0.261. The molecule has 1 aromatic rings. The first kappa shape index (κ1) is 16.6. The first-order chi connectivity index (χ1) is 9.86. The van der Waals surface area contributed by atoms with Crippen LogP contribution in [-0.2, 0) is 25.3 Å². The highest BCUT2D eigenvalue weighted by atomic mass is 32.2. The van der Waals surface area contributed by atoms with Crippen molar-refractivity contribution in [1.82, 2.24) is 4.31 Å². The molecule has 0 saturated carbocycles. The van der Waals surface area contributed by atoms with E-state index >= 15 is 0 Å². The molecule has 1 atom stereocenters. The highest BCUT2D eigenvalue weighted by molar-refractivity contribution is 7.88. The molecule has 118 valence electrons. The van der Waals surface area contributed by atoms with Crippen LogP contribution in [0.1, 0.15) is 18.4 Å². The largest absolute Gasteiger partial charge is 0.286 e. The molecule has 0 N–H and O–H groups in total. The van der Waals surface area contributed by atoms with Crippen molar-refractivity contribution in [3.8, 4) is 0 Å². The molecule has 0 spiro atoms. The molecule has 1 fully saturated rings. The molecule has 0 aliphatic carbocycles. The quantitative estimate of drug-likeness (QED) is 0.824. The van der Waals surface area contributed by atoms with Gasteiger partial charge in [-0.1, -0.05) is 17.7 Å². The molecular weight excluding hydrogens is 310 g/mol. The lowest BCUT2D eigenvalue weighted by Crippen LogP contribution is -2.38. The molecule has 21 heavy (non-hydrogen) atoms. The van der Waals surface area contributed by atoms with Gasteiger partial charge in [0.15, 0.2) is 11.1 Å². The molecular formula is C14H21NO4S2. The Morgan fingerprint density at radius 3 is 2.33 bits per heavy atom. The van der Waals surface area contributed by atoms with Crippen molar-refractivity contribution in [2.45, 2.75) is 24.7 Å². The van der Waals surface area contributed by atoms with Gasteiger partial charge in [0, 0.05) is 13.1 Å². The Balaban J connectivity index is 1.79. The topological polar surface area (TPSA) is 63.7 Å². The Labute approximate surface area is 129 Å². The molecule has 7 heteroatoms. The summed E-state index contributed by atoms with van der Waals surface area (Å²) >= 11 is -1.45. The van der Waals surface area contributed by atoms with Crippen molar-refractivity contribution >= 4 is 21.1 Å². The zero-order valence-corrected chi connectivity index (χ0v) is 14.0. The summed E-state index contributed by atoms with van der Waals surface area (Å²) in [6.07, 6.45) is 2.73. The molecule has 0 radical (unpaired) electrons. The minimum absolute atomic E-state index is 0.261. The van der Waals surface area contributed by atoms with Crippen LogP contribution in [0.4, 0.5) is 0 Å². The first-order valence-electron chi connectivity index (χ1n) is 6.93. The van der Waals surface area contributed by atoms with Crippen LogP contribution in [0, 0.1) is 12.8 Å². The van der Waals surface area contributed by atoms with E-state index in [9.17, 15) is 12.6 Å². The number of hydrogen-bond acceptors (Lipinski definition) is 4. The van der Waals surface area contributed by atoms with Crippen LogP contribution < -0.4 is 0 Å². The molecule has 1 heterocycles. The van der Waals surface area contributed by atoms with Gasteiger partial charge < -0.3 is 0 Å². The highest BCUT2D eigenvalue weighted by Crippen LogP contribution is 2.20. The summed E-state index contributed by atoms with van der Waals surface area (Å²) < 4.78 is 41.8. The van der Waals surface area contributed by atoms with E-state index in [-0.39, 0.29) is 5.92 Å². The summed E-state index contributed by atoms with van der Waals surface area (Å²) in [5, 5.41) is 0. The molecule has 1 aliphatic heterocycles. The summed E-state index contributed by atoms with van der Waals surface area (Å²) in [7, 11) is -3.10. The molecule has 0 bridgehead atoms. The van der Waals surface area contributed by atoms with Crippen LogP contribution in [0.3, 0.4) is 0 Å². The van der Waals surface area contributed by atoms with Gasteiger partial charge in [-0.25, -0.2) is 16.9 Å². The monoisotopic (exact) mass is 331 g/mol. The van der Waals surface area contributed by atoms with Crippen molar-refractivity contribution in [2.75, 3.05) is 26.0 Å². The maximum Gasteiger partial charge on any atom is 0.211 e. The third-order valence-corrected chi connectivity index (χ3v) is 5.98. The van der Waals surface area contributed by atoms with Crippen molar-refractivity contribution in [3.05, 3.63) is 29.8 Å².